The maximum Gasteiger partial charge on any atom is 0.250 e. The van der Waals surface area contributed by atoms with Gasteiger partial charge in [0.1, 0.15) is 17.9 Å². The number of nitrogens with one attached hydrogen (secondary N) is 1. The van der Waals surface area contributed by atoms with Gasteiger partial charge in [-0.2, -0.15) is 0 Å². The molecule has 108 valence electrons. The number of aryl methyl sites for hydroxylation is 1. The summed E-state index contributed by atoms with van der Waals surface area (Å²) in [5, 5.41) is 2.74. The van der Waals surface area contributed by atoms with E-state index in [1.807, 2.05) is 13.8 Å². The summed E-state index contributed by atoms with van der Waals surface area (Å²) in [4.78, 5) is 26.1. The van der Waals surface area contributed by atoms with E-state index in [2.05, 4.69) is 5.32 Å². The molecular weight excluding hydrogens is 259 g/mol. The van der Waals surface area contributed by atoms with Crippen molar-refractivity contribution in [3.63, 3.8) is 0 Å². The molecule has 0 saturated carbocycles. The third-order valence-electron chi connectivity index (χ3n) is 3.68. The molecule has 2 unspecified atom stereocenters. The van der Waals surface area contributed by atoms with Crippen molar-refractivity contribution in [1.29, 1.82) is 0 Å². The van der Waals surface area contributed by atoms with Gasteiger partial charge in [0.05, 0.1) is 0 Å². The molecule has 1 aliphatic rings. The topological polar surface area (TPSA) is 49.4 Å². The Bertz CT molecular complexity index is 545. The Morgan fingerprint density at radius 2 is 1.95 bits per heavy atom. The fraction of sp³-hybridized carbons (Fsp3) is 0.467. The van der Waals surface area contributed by atoms with Gasteiger partial charge in [-0.05, 0) is 43.5 Å². The summed E-state index contributed by atoms with van der Waals surface area (Å²) in [6.07, 6.45) is 1.06. The van der Waals surface area contributed by atoms with Crippen molar-refractivity contribution >= 4 is 17.5 Å². The van der Waals surface area contributed by atoms with E-state index in [0.29, 0.717) is 24.1 Å². The van der Waals surface area contributed by atoms with Crippen molar-refractivity contribution in [2.24, 2.45) is 0 Å². The lowest BCUT2D eigenvalue weighted by Crippen LogP contribution is -2.63. The number of amides is 2. The zero-order chi connectivity index (χ0) is 14.9. The minimum absolute atomic E-state index is 0.134. The molecule has 20 heavy (non-hydrogen) atoms. The first-order valence-electron chi connectivity index (χ1n) is 6.89. The summed E-state index contributed by atoms with van der Waals surface area (Å²) < 4.78 is 13.4. The minimum atomic E-state index is -0.532. The normalized spacial score (nSPS) is 22.9. The minimum Gasteiger partial charge on any atom is -0.342 e. The van der Waals surface area contributed by atoms with Gasteiger partial charge < -0.3 is 5.32 Å². The van der Waals surface area contributed by atoms with Gasteiger partial charge in [0.2, 0.25) is 11.8 Å². The van der Waals surface area contributed by atoms with Gasteiger partial charge in [-0.25, -0.2) is 4.39 Å². The number of nitrogens with zero attached hydrogens (tertiary/aromatic N) is 1. The van der Waals surface area contributed by atoms with E-state index in [1.54, 1.807) is 19.1 Å². The molecule has 1 aromatic carbocycles. The second kappa shape index (κ2) is 5.61. The van der Waals surface area contributed by atoms with Crippen LogP contribution in [0.25, 0.3) is 0 Å². The van der Waals surface area contributed by atoms with Gasteiger partial charge in [-0.1, -0.05) is 13.8 Å². The Kier molecular flexibility index (Phi) is 4.06. The molecule has 1 saturated heterocycles. The number of benzene rings is 1. The van der Waals surface area contributed by atoms with Gasteiger partial charge in [-0.15, -0.1) is 0 Å². The number of halogens is 1. The number of piperazine rings is 1. The molecular formula is C15H19FN2O2. The van der Waals surface area contributed by atoms with E-state index in [4.69, 9.17) is 0 Å². The molecule has 0 aliphatic carbocycles. The highest BCUT2D eigenvalue weighted by Gasteiger charge is 2.39. The molecule has 2 amide bonds. The number of hydrogen-bond donors (Lipinski definition) is 1. The van der Waals surface area contributed by atoms with Crippen LogP contribution in [0.15, 0.2) is 18.2 Å². The van der Waals surface area contributed by atoms with E-state index < -0.39 is 12.1 Å². The number of carbonyl (C=O) groups is 2. The number of hydrogen-bond acceptors (Lipinski definition) is 2. The molecule has 1 aliphatic heterocycles. The Balaban J connectivity index is 2.44. The van der Waals surface area contributed by atoms with Gasteiger partial charge in [0, 0.05) is 5.69 Å². The monoisotopic (exact) mass is 278 g/mol. The Hall–Kier alpha value is -1.91. The van der Waals surface area contributed by atoms with Crippen LogP contribution in [0.4, 0.5) is 10.1 Å². The zero-order valence-corrected chi connectivity index (χ0v) is 11.9. The van der Waals surface area contributed by atoms with Crippen LogP contribution in [0, 0.1) is 12.7 Å². The van der Waals surface area contributed by atoms with E-state index in [9.17, 15) is 14.0 Å². The quantitative estimate of drug-likeness (QED) is 0.921. The van der Waals surface area contributed by atoms with E-state index in [0.717, 1.165) is 0 Å². The number of anilines is 1. The lowest BCUT2D eigenvalue weighted by atomic mass is 10.0. The lowest BCUT2D eigenvalue weighted by molar-refractivity contribution is -0.134. The maximum atomic E-state index is 13.4. The first kappa shape index (κ1) is 14.5. The van der Waals surface area contributed by atoms with Gasteiger partial charge in [0.25, 0.3) is 0 Å². The van der Waals surface area contributed by atoms with E-state index >= 15 is 0 Å². The predicted molar refractivity (Wildman–Crippen MR) is 74.9 cm³/mol. The Labute approximate surface area is 118 Å². The maximum absolute atomic E-state index is 13.4. The third kappa shape index (κ3) is 2.40. The van der Waals surface area contributed by atoms with Crippen LogP contribution >= 0.6 is 0 Å². The average molecular weight is 278 g/mol. The molecule has 2 rings (SSSR count). The molecule has 2 atom stereocenters. The molecule has 4 nitrogen and oxygen atoms in total. The van der Waals surface area contributed by atoms with Crippen molar-refractivity contribution in [1.82, 2.24) is 5.32 Å². The summed E-state index contributed by atoms with van der Waals surface area (Å²) in [5.41, 5.74) is 1.04. The molecule has 0 aromatic heterocycles. The average Bonchev–Trinajstić information content (AvgIpc) is 2.43. The number of carbonyl (C=O) groups excluding carboxylic acids is 2. The number of rotatable bonds is 3. The van der Waals surface area contributed by atoms with Crippen LogP contribution in [-0.2, 0) is 9.59 Å². The lowest BCUT2D eigenvalue weighted by Gasteiger charge is -2.38. The highest BCUT2D eigenvalue weighted by Crippen LogP contribution is 2.25. The fourth-order valence-electron chi connectivity index (χ4n) is 2.50. The predicted octanol–water partition coefficient (Wildman–Crippen LogP) is 2.15. The van der Waals surface area contributed by atoms with Crippen LogP contribution < -0.4 is 10.2 Å². The second-order valence-corrected chi connectivity index (χ2v) is 5.04. The van der Waals surface area contributed by atoms with Crippen LogP contribution in [-0.4, -0.2) is 23.9 Å². The molecule has 0 radical (unpaired) electrons. The third-order valence-corrected chi connectivity index (χ3v) is 3.68. The van der Waals surface area contributed by atoms with Crippen LogP contribution in [0.3, 0.4) is 0 Å². The van der Waals surface area contributed by atoms with Gasteiger partial charge in [0.15, 0.2) is 0 Å². The Morgan fingerprint density at radius 3 is 2.50 bits per heavy atom. The van der Waals surface area contributed by atoms with E-state index in [-0.39, 0.29) is 17.6 Å². The summed E-state index contributed by atoms with van der Waals surface area (Å²) in [5.74, 6) is -0.603. The first-order chi connectivity index (χ1) is 9.49. The molecule has 1 fully saturated rings. The first-order valence-corrected chi connectivity index (χ1v) is 6.89. The van der Waals surface area contributed by atoms with Crippen molar-refractivity contribution in [2.75, 3.05) is 4.90 Å². The van der Waals surface area contributed by atoms with Crippen LogP contribution in [0.2, 0.25) is 0 Å². The highest BCUT2D eigenvalue weighted by atomic mass is 19.1. The largest absolute Gasteiger partial charge is 0.342 e. The van der Waals surface area contributed by atoms with Crippen molar-refractivity contribution in [3.8, 4) is 0 Å². The van der Waals surface area contributed by atoms with Gasteiger partial charge in [-0.3, -0.25) is 14.5 Å². The molecule has 0 spiro atoms. The standard InChI is InChI=1S/C15H19FN2O2/c1-4-12-15(20)18(13(5-2)14(19)17-12)10-6-7-11(16)9(3)8-10/h6-8,12-13H,4-5H2,1-3H3,(H,17,19). The van der Waals surface area contributed by atoms with Crippen molar-refractivity contribution in [3.05, 3.63) is 29.6 Å². The van der Waals surface area contributed by atoms with Crippen LogP contribution in [0.5, 0.6) is 0 Å². The van der Waals surface area contributed by atoms with E-state index in [1.165, 1.54) is 11.0 Å². The summed E-state index contributed by atoms with van der Waals surface area (Å²) in [7, 11) is 0. The molecule has 5 heteroatoms. The summed E-state index contributed by atoms with van der Waals surface area (Å²) in [6, 6.07) is 3.46. The summed E-state index contributed by atoms with van der Waals surface area (Å²) >= 11 is 0. The van der Waals surface area contributed by atoms with Crippen molar-refractivity contribution < 1.29 is 14.0 Å². The van der Waals surface area contributed by atoms with Gasteiger partial charge >= 0.3 is 0 Å². The molecule has 1 heterocycles. The Morgan fingerprint density at radius 1 is 1.25 bits per heavy atom. The van der Waals surface area contributed by atoms with Crippen LogP contribution in [0.1, 0.15) is 32.3 Å². The summed E-state index contributed by atoms with van der Waals surface area (Å²) in [6.45, 7) is 5.35. The smallest absolute Gasteiger partial charge is 0.250 e. The van der Waals surface area contributed by atoms with Crippen molar-refractivity contribution in [2.45, 2.75) is 45.7 Å². The fourth-order valence-corrected chi connectivity index (χ4v) is 2.50. The SMILES string of the molecule is CCC1NC(=O)C(CC)N(c2ccc(F)c(C)c2)C1=O. The molecule has 1 N–H and O–H groups in total. The molecule has 0 bridgehead atoms. The highest BCUT2D eigenvalue weighted by molar-refractivity contribution is 6.08. The second-order valence-electron chi connectivity index (χ2n) is 5.04. The zero-order valence-electron chi connectivity index (χ0n) is 11.9. The molecule has 1 aromatic rings.